The van der Waals surface area contributed by atoms with Gasteiger partial charge in [-0.3, -0.25) is 0 Å². The van der Waals surface area contributed by atoms with E-state index in [0.29, 0.717) is 6.04 Å². The van der Waals surface area contributed by atoms with E-state index in [1.165, 1.54) is 57.3 Å². The number of nitrogens with one attached hydrogen (secondary N) is 1. The van der Waals surface area contributed by atoms with Crippen LogP contribution >= 0.6 is 0 Å². The van der Waals surface area contributed by atoms with Crippen LogP contribution < -0.4 is 10.1 Å². The lowest BCUT2D eigenvalue weighted by atomic mass is 9.83. The van der Waals surface area contributed by atoms with E-state index in [1.807, 2.05) is 13.8 Å². The molecule has 0 radical (unpaired) electrons. The van der Waals surface area contributed by atoms with Crippen LogP contribution in [0.1, 0.15) is 76.8 Å². The summed E-state index contributed by atoms with van der Waals surface area (Å²) in [5.41, 5.74) is 2.50. The lowest BCUT2D eigenvalue weighted by Gasteiger charge is -2.28. The minimum atomic E-state index is -0.544. The third kappa shape index (κ3) is 8.20. The minimum Gasteiger partial charge on any atom is -0.494 e. The molecule has 1 fully saturated rings. The van der Waals surface area contributed by atoms with Crippen LogP contribution in [0.5, 0.6) is 5.75 Å². The average molecular weight is 417 g/mol. The molecule has 170 valence electrons. The minimum absolute atomic E-state index is 0.490. The molecule has 1 aromatic carbocycles. The van der Waals surface area contributed by atoms with Crippen LogP contribution in [-0.2, 0) is 12.8 Å². The first kappa shape index (κ1) is 23.6. The molecule has 4 heteroatoms. The molecule has 0 bridgehead atoms. The predicted octanol–water partition coefficient (Wildman–Crippen LogP) is 4.58. The van der Waals surface area contributed by atoms with E-state index in [-0.39, 0.29) is 0 Å². The molecule has 3 rings (SSSR count). The number of rotatable bonds is 12. The normalized spacial score (nSPS) is 20.9. The highest BCUT2D eigenvalue weighted by Gasteiger charge is 2.22. The average Bonchev–Trinajstić information content (AvgIpc) is 3.20. The quantitative estimate of drug-likeness (QED) is 0.490. The van der Waals surface area contributed by atoms with Crippen molar-refractivity contribution in [2.45, 2.75) is 90.2 Å². The molecule has 0 amide bonds. The van der Waals surface area contributed by atoms with E-state index in [2.05, 4.69) is 35.3 Å². The monoisotopic (exact) mass is 416 g/mol. The summed E-state index contributed by atoms with van der Waals surface area (Å²) in [5, 5.41) is 13.4. The molecule has 0 spiro atoms. The van der Waals surface area contributed by atoms with Crippen molar-refractivity contribution in [3.63, 3.8) is 0 Å². The van der Waals surface area contributed by atoms with E-state index < -0.39 is 5.60 Å². The highest BCUT2D eigenvalue weighted by molar-refractivity contribution is 5.37. The van der Waals surface area contributed by atoms with E-state index in [4.69, 9.17) is 4.74 Å². The molecule has 2 unspecified atom stereocenters. The van der Waals surface area contributed by atoms with Crippen molar-refractivity contribution in [2.24, 2.45) is 5.92 Å². The van der Waals surface area contributed by atoms with Crippen molar-refractivity contribution in [1.82, 2.24) is 10.2 Å². The van der Waals surface area contributed by atoms with Gasteiger partial charge < -0.3 is 20.1 Å². The molecule has 2 atom stereocenters. The van der Waals surface area contributed by atoms with Crippen molar-refractivity contribution in [3.8, 4) is 5.75 Å². The van der Waals surface area contributed by atoms with E-state index in [1.54, 1.807) is 5.56 Å². The van der Waals surface area contributed by atoms with Gasteiger partial charge >= 0.3 is 0 Å². The topological polar surface area (TPSA) is 44.7 Å². The van der Waals surface area contributed by atoms with Crippen molar-refractivity contribution >= 4 is 0 Å². The van der Waals surface area contributed by atoms with E-state index >= 15 is 0 Å². The Morgan fingerprint density at radius 1 is 1.20 bits per heavy atom. The second-order valence-corrected chi connectivity index (χ2v) is 10.3. The molecular weight excluding hydrogens is 372 g/mol. The zero-order chi connectivity index (χ0) is 21.4. The summed E-state index contributed by atoms with van der Waals surface area (Å²) in [4.78, 5) is 2.66. The van der Waals surface area contributed by atoms with Crippen molar-refractivity contribution in [1.29, 1.82) is 0 Å². The molecule has 0 saturated carbocycles. The van der Waals surface area contributed by atoms with Gasteiger partial charge in [-0.1, -0.05) is 6.07 Å². The second-order valence-electron chi connectivity index (χ2n) is 10.3. The first-order chi connectivity index (χ1) is 14.4. The maximum atomic E-state index is 9.79. The standard InChI is InChI=1S/C26H44N2O2/c1-21(8-6-13-26(2,3)29)27-14-7-17-30-25-12-11-23-18-22(9-10-24(23)19-25)20-28-15-4-5-16-28/h11-12,19,21-22,27,29H,4-10,13-18,20H2,1-3H3. The molecular formula is C26H44N2O2. The van der Waals surface area contributed by atoms with Crippen LogP contribution in [0.4, 0.5) is 0 Å². The molecule has 30 heavy (non-hydrogen) atoms. The van der Waals surface area contributed by atoms with Crippen LogP contribution in [-0.4, -0.2) is 54.4 Å². The summed E-state index contributed by atoms with van der Waals surface area (Å²) >= 11 is 0. The van der Waals surface area contributed by atoms with Crippen LogP contribution in [0, 0.1) is 5.92 Å². The lowest BCUT2D eigenvalue weighted by molar-refractivity contribution is 0.0675. The molecule has 1 aliphatic carbocycles. The van der Waals surface area contributed by atoms with Gasteiger partial charge in [0.2, 0.25) is 0 Å². The number of likely N-dealkylation sites (tertiary alicyclic amines) is 1. The fraction of sp³-hybridized carbons (Fsp3) is 0.769. The van der Waals surface area contributed by atoms with Gasteiger partial charge in [0.05, 0.1) is 12.2 Å². The molecule has 0 aromatic heterocycles. The Hall–Kier alpha value is -1.10. The van der Waals surface area contributed by atoms with Crippen molar-refractivity contribution < 1.29 is 9.84 Å². The number of hydrogen-bond acceptors (Lipinski definition) is 4. The van der Waals surface area contributed by atoms with Crippen molar-refractivity contribution in [2.75, 3.05) is 32.8 Å². The predicted molar refractivity (Wildman–Crippen MR) is 125 cm³/mol. The fourth-order valence-electron chi connectivity index (χ4n) is 4.94. The van der Waals surface area contributed by atoms with Gasteiger partial charge in [-0.05, 0) is 127 Å². The Kier molecular flexibility index (Phi) is 9.03. The summed E-state index contributed by atoms with van der Waals surface area (Å²) in [6.45, 7) is 11.7. The maximum Gasteiger partial charge on any atom is 0.119 e. The van der Waals surface area contributed by atoms with Gasteiger partial charge in [0, 0.05) is 12.6 Å². The Morgan fingerprint density at radius 3 is 2.77 bits per heavy atom. The van der Waals surface area contributed by atoms with Crippen LogP contribution in [0.3, 0.4) is 0 Å². The third-order valence-corrected chi connectivity index (χ3v) is 6.73. The van der Waals surface area contributed by atoms with E-state index in [0.717, 1.165) is 50.5 Å². The Labute approximate surface area is 184 Å². The van der Waals surface area contributed by atoms with E-state index in [9.17, 15) is 5.11 Å². The van der Waals surface area contributed by atoms with Crippen LogP contribution in [0.2, 0.25) is 0 Å². The third-order valence-electron chi connectivity index (χ3n) is 6.73. The number of fused-ring (bicyclic) bond motifs is 1. The number of aliphatic hydroxyl groups is 1. The van der Waals surface area contributed by atoms with Crippen molar-refractivity contribution in [3.05, 3.63) is 29.3 Å². The fourth-order valence-corrected chi connectivity index (χ4v) is 4.94. The van der Waals surface area contributed by atoms with Crippen LogP contribution in [0.25, 0.3) is 0 Å². The zero-order valence-corrected chi connectivity index (χ0v) is 19.6. The molecule has 1 aliphatic heterocycles. The summed E-state index contributed by atoms with van der Waals surface area (Å²) in [7, 11) is 0. The van der Waals surface area contributed by atoms with Gasteiger partial charge in [0.15, 0.2) is 0 Å². The number of benzene rings is 1. The molecule has 1 aromatic rings. The Bertz CT molecular complexity index is 634. The first-order valence-electron chi connectivity index (χ1n) is 12.3. The number of aryl methyl sites for hydroxylation is 1. The van der Waals surface area contributed by atoms with Gasteiger partial charge in [0.25, 0.3) is 0 Å². The van der Waals surface area contributed by atoms with Crippen LogP contribution in [0.15, 0.2) is 18.2 Å². The van der Waals surface area contributed by atoms with Gasteiger partial charge in [-0.15, -0.1) is 0 Å². The lowest BCUT2D eigenvalue weighted by Crippen LogP contribution is -2.30. The molecule has 2 aliphatic rings. The molecule has 2 N–H and O–H groups in total. The summed E-state index contributed by atoms with van der Waals surface area (Å²) in [6.07, 6.45) is 10.6. The smallest absolute Gasteiger partial charge is 0.119 e. The second kappa shape index (κ2) is 11.5. The molecule has 1 saturated heterocycles. The SMILES string of the molecule is CC(CCCC(C)(C)O)NCCCOc1ccc2c(c1)CCC(CN1CCCC1)C2. The zero-order valence-electron chi connectivity index (χ0n) is 19.6. The number of ether oxygens (including phenoxy) is 1. The number of hydrogen-bond donors (Lipinski definition) is 2. The van der Waals surface area contributed by atoms with Gasteiger partial charge in [-0.25, -0.2) is 0 Å². The highest BCUT2D eigenvalue weighted by atomic mass is 16.5. The summed E-state index contributed by atoms with van der Waals surface area (Å²) in [6, 6.07) is 7.26. The molecule has 1 heterocycles. The maximum absolute atomic E-state index is 9.79. The number of nitrogens with zero attached hydrogens (tertiary/aromatic N) is 1. The Morgan fingerprint density at radius 2 is 2.00 bits per heavy atom. The first-order valence-corrected chi connectivity index (χ1v) is 12.3. The van der Waals surface area contributed by atoms with Gasteiger partial charge in [0.1, 0.15) is 5.75 Å². The largest absolute Gasteiger partial charge is 0.494 e. The summed E-state index contributed by atoms with van der Waals surface area (Å²) < 4.78 is 6.03. The highest BCUT2D eigenvalue weighted by Crippen LogP contribution is 2.29. The Balaban J connectivity index is 1.30. The van der Waals surface area contributed by atoms with Gasteiger partial charge in [-0.2, -0.15) is 0 Å². The molecule has 4 nitrogen and oxygen atoms in total. The summed E-state index contributed by atoms with van der Waals surface area (Å²) in [5.74, 6) is 1.86.